The molecule has 2 unspecified atom stereocenters. The summed E-state index contributed by atoms with van der Waals surface area (Å²) in [7, 11) is 0. The summed E-state index contributed by atoms with van der Waals surface area (Å²) in [6.07, 6.45) is 2.76. The van der Waals surface area contributed by atoms with Crippen molar-refractivity contribution in [1.82, 2.24) is 20.4 Å². The third-order valence-electron chi connectivity index (χ3n) is 6.26. The molecule has 3 aromatic rings. The Morgan fingerprint density at radius 2 is 2.03 bits per heavy atom. The minimum atomic E-state index is -0.0277. The van der Waals surface area contributed by atoms with E-state index in [2.05, 4.69) is 59.3 Å². The number of nitrogens with one attached hydrogen (secondary N) is 1. The van der Waals surface area contributed by atoms with Crippen LogP contribution in [0.15, 0.2) is 53.1 Å². The number of benzene rings is 2. The quantitative estimate of drug-likeness (QED) is 0.579. The summed E-state index contributed by atoms with van der Waals surface area (Å²) >= 11 is 0. The van der Waals surface area contributed by atoms with Gasteiger partial charge in [0.1, 0.15) is 0 Å². The Balaban J connectivity index is 1.37. The van der Waals surface area contributed by atoms with E-state index in [9.17, 15) is 4.79 Å². The van der Waals surface area contributed by atoms with Crippen LogP contribution in [0.1, 0.15) is 54.8 Å². The van der Waals surface area contributed by atoms with Crippen molar-refractivity contribution in [3.8, 4) is 11.4 Å². The molecule has 1 aromatic heterocycles. The van der Waals surface area contributed by atoms with Crippen LogP contribution in [-0.4, -0.2) is 34.0 Å². The van der Waals surface area contributed by atoms with Crippen molar-refractivity contribution in [2.24, 2.45) is 5.92 Å². The Labute approximate surface area is 190 Å². The summed E-state index contributed by atoms with van der Waals surface area (Å²) in [5, 5.41) is 7.42. The first-order valence-corrected chi connectivity index (χ1v) is 11.5. The molecule has 1 fully saturated rings. The predicted molar refractivity (Wildman–Crippen MR) is 125 cm³/mol. The molecule has 0 bridgehead atoms. The predicted octanol–water partition coefficient (Wildman–Crippen LogP) is 4.83. The van der Waals surface area contributed by atoms with Gasteiger partial charge in [-0.3, -0.25) is 9.69 Å². The summed E-state index contributed by atoms with van der Waals surface area (Å²) in [4.78, 5) is 19.9. The van der Waals surface area contributed by atoms with E-state index in [0.29, 0.717) is 24.8 Å². The van der Waals surface area contributed by atoms with Crippen molar-refractivity contribution in [3.63, 3.8) is 0 Å². The van der Waals surface area contributed by atoms with Gasteiger partial charge in [0, 0.05) is 12.1 Å². The number of rotatable bonds is 7. The van der Waals surface area contributed by atoms with Crippen molar-refractivity contribution >= 4 is 5.91 Å². The van der Waals surface area contributed by atoms with E-state index < -0.39 is 0 Å². The van der Waals surface area contributed by atoms with Crippen molar-refractivity contribution in [2.45, 2.75) is 52.6 Å². The van der Waals surface area contributed by atoms with E-state index in [-0.39, 0.29) is 17.9 Å². The third kappa shape index (κ3) is 5.25. The van der Waals surface area contributed by atoms with Gasteiger partial charge in [0.15, 0.2) is 0 Å². The van der Waals surface area contributed by atoms with Gasteiger partial charge in [0.05, 0.1) is 18.5 Å². The molecule has 32 heavy (non-hydrogen) atoms. The minimum absolute atomic E-state index is 0.0277. The monoisotopic (exact) mass is 432 g/mol. The van der Waals surface area contributed by atoms with E-state index in [1.54, 1.807) is 0 Å². The Bertz CT molecular complexity index is 1050. The topological polar surface area (TPSA) is 71.3 Å². The average Bonchev–Trinajstić information content (AvgIpc) is 3.27. The molecule has 1 aliphatic rings. The fraction of sp³-hybridized carbons (Fsp3) is 0.423. The number of carbonyl (C=O) groups excluding carboxylic acids is 1. The van der Waals surface area contributed by atoms with Gasteiger partial charge in [-0.15, -0.1) is 0 Å². The van der Waals surface area contributed by atoms with E-state index in [1.165, 1.54) is 16.7 Å². The highest BCUT2D eigenvalue weighted by molar-refractivity contribution is 5.79. The van der Waals surface area contributed by atoms with Crippen molar-refractivity contribution in [2.75, 3.05) is 13.1 Å². The maximum atomic E-state index is 13.1. The van der Waals surface area contributed by atoms with Crippen LogP contribution >= 0.6 is 0 Å². The molecular formula is C26H32N4O2. The van der Waals surface area contributed by atoms with Crippen LogP contribution in [0.3, 0.4) is 0 Å². The van der Waals surface area contributed by atoms with Crippen LogP contribution in [0.5, 0.6) is 0 Å². The van der Waals surface area contributed by atoms with E-state index in [4.69, 9.17) is 4.52 Å². The first-order chi connectivity index (χ1) is 15.5. The van der Waals surface area contributed by atoms with Crippen LogP contribution in [-0.2, 0) is 11.3 Å². The largest absolute Gasteiger partial charge is 0.349 e. The Kier molecular flexibility index (Phi) is 7.00. The molecule has 1 amide bonds. The summed E-state index contributed by atoms with van der Waals surface area (Å²) < 4.78 is 5.48. The van der Waals surface area contributed by atoms with Crippen LogP contribution < -0.4 is 5.32 Å². The number of hydrogen-bond acceptors (Lipinski definition) is 5. The van der Waals surface area contributed by atoms with Crippen molar-refractivity contribution in [3.05, 3.63) is 71.1 Å². The lowest BCUT2D eigenvalue weighted by atomic mass is 9.94. The lowest BCUT2D eigenvalue weighted by molar-refractivity contribution is -0.127. The number of piperidine rings is 1. The lowest BCUT2D eigenvalue weighted by Gasteiger charge is -2.32. The summed E-state index contributed by atoms with van der Waals surface area (Å²) in [5.41, 5.74) is 4.62. The number of nitrogens with zero attached hydrogens (tertiary/aromatic N) is 3. The number of carbonyl (C=O) groups is 1. The van der Waals surface area contributed by atoms with Crippen LogP contribution in [0.25, 0.3) is 11.4 Å². The van der Waals surface area contributed by atoms with E-state index in [0.717, 1.165) is 31.4 Å². The zero-order valence-electron chi connectivity index (χ0n) is 19.2. The molecule has 0 aliphatic carbocycles. The summed E-state index contributed by atoms with van der Waals surface area (Å²) in [5.74, 6) is 1.30. The minimum Gasteiger partial charge on any atom is -0.349 e. The first kappa shape index (κ1) is 22.2. The van der Waals surface area contributed by atoms with Gasteiger partial charge in [-0.1, -0.05) is 66.2 Å². The fourth-order valence-electron chi connectivity index (χ4n) is 4.53. The molecule has 1 N–H and O–H groups in total. The van der Waals surface area contributed by atoms with Gasteiger partial charge in [0.25, 0.3) is 0 Å². The number of aryl methyl sites for hydroxylation is 2. The molecule has 0 radical (unpaired) electrons. The Hall–Kier alpha value is -2.99. The van der Waals surface area contributed by atoms with Crippen LogP contribution in [0.4, 0.5) is 0 Å². The van der Waals surface area contributed by atoms with Gasteiger partial charge in [-0.2, -0.15) is 4.98 Å². The van der Waals surface area contributed by atoms with Gasteiger partial charge in [-0.25, -0.2) is 0 Å². The SMILES string of the molecule is CCC(NC(=O)C1CCCN(Cc2nc(-c3ccccc3)no2)C1)c1ccc(C)cc1C. The molecule has 1 aliphatic heterocycles. The van der Waals surface area contributed by atoms with Gasteiger partial charge < -0.3 is 9.84 Å². The maximum absolute atomic E-state index is 13.1. The van der Waals surface area contributed by atoms with Crippen LogP contribution in [0, 0.1) is 19.8 Å². The first-order valence-electron chi connectivity index (χ1n) is 11.5. The molecule has 0 spiro atoms. The number of amides is 1. The molecule has 6 nitrogen and oxygen atoms in total. The smallest absolute Gasteiger partial charge is 0.241 e. The highest BCUT2D eigenvalue weighted by Gasteiger charge is 2.28. The summed E-state index contributed by atoms with van der Waals surface area (Å²) in [6, 6.07) is 16.3. The van der Waals surface area contributed by atoms with Gasteiger partial charge >= 0.3 is 0 Å². The number of hydrogen-bond donors (Lipinski definition) is 1. The van der Waals surface area contributed by atoms with Gasteiger partial charge in [0.2, 0.25) is 17.6 Å². The standard InChI is InChI=1S/C26H32N4O2/c1-4-23(22-13-12-18(2)15-19(22)3)27-26(31)21-11-8-14-30(16-21)17-24-28-25(29-32-24)20-9-6-5-7-10-20/h5-7,9-10,12-13,15,21,23H,4,8,11,14,16-17H2,1-3H3,(H,27,31). The van der Waals surface area contributed by atoms with E-state index >= 15 is 0 Å². The van der Waals surface area contributed by atoms with Crippen molar-refractivity contribution < 1.29 is 9.32 Å². The van der Waals surface area contributed by atoms with Gasteiger partial charge in [-0.05, 0) is 50.8 Å². The molecular weight excluding hydrogens is 400 g/mol. The normalized spacial score (nSPS) is 17.8. The molecule has 2 heterocycles. The summed E-state index contributed by atoms with van der Waals surface area (Å²) in [6.45, 7) is 8.54. The molecule has 168 valence electrons. The molecule has 0 saturated carbocycles. The molecule has 2 aromatic carbocycles. The average molecular weight is 433 g/mol. The zero-order valence-corrected chi connectivity index (χ0v) is 19.2. The number of likely N-dealkylation sites (tertiary alicyclic amines) is 1. The van der Waals surface area contributed by atoms with Crippen molar-refractivity contribution in [1.29, 1.82) is 0 Å². The molecule has 1 saturated heterocycles. The number of aromatic nitrogens is 2. The Morgan fingerprint density at radius 3 is 2.78 bits per heavy atom. The highest BCUT2D eigenvalue weighted by Crippen LogP contribution is 2.25. The highest BCUT2D eigenvalue weighted by atomic mass is 16.5. The second kappa shape index (κ2) is 10.1. The van der Waals surface area contributed by atoms with E-state index in [1.807, 2.05) is 30.3 Å². The fourth-order valence-corrected chi connectivity index (χ4v) is 4.53. The van der Waals surface area contributed by atoms with Crippen LogP contribution in [0.2, 0.25) is 0 Å². The second-order valence-electron chi connectivity index (χ2n) is 8.78. The lowest BCUT2D eigenvalue weighted by Crippen LogP contribution is -2.43. The Morgan fingerprint density at radius 1 is 1.22 bits per heavy atom. The molecule has 4 rings (SSSR count). The zero-order chi connectivity index (χ0) is 22.5. The maximum Gasteiger partial charge on any atom is 0.241 e. The third-order valence-corrected chi connectivity index (χ3v) is 6.26. The second-order valence-corrected chi connectivity index (χ2v) is 8.78. The molecule has 6 heteroatoms. The molecule has 2 atom stereocenters.